The van der Waals surface area contributed by atoms with Crippen molar-refractivity contribution in [2.45, 2.75) is 47.8 Å². The Morgan fingerprint density at radius 3 is 2.62 bits per heavy atom. The van der Waals surface area contributed by atoms with Crippen LogP contribution in [0.1, 0.15) is 24.1 Å². The molecular formula is C28H26ClFN6O2S. The van der Waals surface area contributed by atoms with Gasteiger partial charge in [-0.3, -0.25) is 14.3 Å². The van der Waals surface area contributed by atoms with Crippen molar-refractivity contribution in [1.29, 1.82) is 0 Å². The molecule has 0 N–H and O–H groups in total. The zero-order valence-electron chi connectivity index (χ0n) is 21.1. The summed E-state index contributed by atoms with van der Waals surface area (Å²) in [5.74, 6) is 0.861. The van der Waals surface area contributed by atoms with Crippen LogP contribution < -0.4 is 10.5 Å². The standard InChI is InChI=1S/C28H26ClFN6O2S/c29-25-21(4-3-19-24(25)26(37)36(17-34-19)14-28(30)15-38-16-28)39-23-13-32-22(12-33-23)35-8-5-27(6-9-35)10-18-2-1-7-31-20(18)11-27/h1-4,7,12-13,17H,5-6,8-11,14-16H2. The highest BCUT2D eigenvalue weighted by atomic mass is 35.5. The fourth-order valence-corrected chi connectivity index (χ4v) is 7.03. The van der Waals surface area contributed by atoms with E-state index in [9.17, 15) is 9.18 Å². The van der Waals surface area contributed by atoms with Crippen LogP contribution in [0.3, 0.4) is 0 Å². The van der Waals surface area contributed by atoms with E-state index in [0.29, 0.717) is 20.9 Å². The van der Waals surface area contributed by atoms with Gasteiger partial charge in [-0.1, -0.05) is 29.4 Å². The number of rotatable bonds is 5. The Morgan fingerprint density at radius 1 is 1.05 bits per heavy atom. The lowest BCUT2D eigenvalue weighted by atomic mass is 9.76. The molecule has 0 atom stereocenters. The SMILES string of the molecule is O=c1c2c(Cl)c(Sc3cnc(N4CCC5(CC4)Cc4cccnc4C5)cn3)ccc2ncn1CC1(F)COC1. The number of fused-ring (bicyclic) bond motifs is 2. The lowest BCUT2D eigenvalue weighted by Crippen LogP contribution is -2.50. The Hall–Kier alpha value is -3.08. The van der Waals surface area contributed by atoms with Crippen LogP contribution in [0.4, 0.5) is 10.2 Å². The molecule has 0 radical (unpaired) electrons. The van der Waals surface area contributed by atoms with Crippen LogP contribution in [0, 0.1) is 5.41 Å². The minimum Gasteiger partial charge on any atom is -0.374 e. The highest BCUT2D eigenvalue weighted by Crippen LogP contribution is 2.44. The largest absolute Gasteiger partial charge is 0.374 e. The van der Waals surface area contributed by atoms with Crippen molar-refractivity contribution < 1.29 is 9.13 Å². The van der Waals surface area contributed by atoms with Crippen LogP contribution in [0.5, 0.6) is 0 Å². The van der Waals surface area contributed by atoms with Crippen LogP contribution in [0.25, 0.3) is 10.9 Å². The summed E-state index contributed by atoms with van der Waals surface area (Å²) in [6.07, 6.45) is 11.2. The number of nitrogens with zero attached hydrogens (tertiary/aromatic N) is 6. The van der Waals surface area contributed by atoms with Crippen LogP contribution in [0.2, 0.25) is 5.02 Å². The van der Waals surface area contributed by atoms with Crippen molar-refractivity contribution in [1.82, 2.24) is 24.5 Å². The Labute approximate surface area is 233 Å². The molecule has 2 aliphatic heterocycles. The van der Waals surface area contributed by atoms with Crippen molar-refractivity contribution in [3.8, 4) is 0 Å². The Morgan fingerprint density at radius 2 is 1.90 bits per heavy atom. The van der Waals surface area contributed by atoms with Gasteiger partial charge in [0.15, 0.2) is 5.67 Å². The quantitative estimate of drug-likeness (QED) is 0.350. The topological polar surface area (TPSA) is 86.0 Å². The molecule has 0 saturated carbocycles. The van der Waals surface area contributed by atoms with Gasteiger partial charge in [-0.15, -0.1) is 0 Å². The molecule has 0 bridgehead atoms. The smallest absolute Gasteiger partial charge is 0.262 e. The van der Waals surface area contributed by atoms with Crippen LogP contribution in [-0.2, 0) is 24.1 Å². The predicted octanol–water partition coefficient (Wildman–Crippen LogP) is 4.51. The molecular weight excluding hydrogens is 539 g/mol. The molecule has 11 heteroatoms. The molecule has 2 fully saturated rings. The lowest BCUT2D eigenvalue weighted by molar-refractivity contribution is -0.137. The minimum absolute atomic E-state index is 0.0280. The first-order chi connectivity index (χ1) is 18.9. The molecule has 5 heterocycles. The first-order valence-electron chi connectivity index (χ1n) is 13.0. The summed E-state index contributed by atoms with van der Waals surface area (Å²) in [6, 6.07) is 7.81. The molecule has 3 aliphatic rings. The van der Waals surface area contributed by atoms with Crippen LogP contribution in [-0.4, -0.2) is 56.5 Å². The molecule has 1 aliphatic carbocycles. The van der Waals surface area contributed by atoms with Gasteiger partial charge in [-0.2, -0.15) is 0 Å². The van der Waals surface area contributed by atoms with Crippen molar-refractivity contribution in [2.75, 3.05) is 31.2 Å². The Bertz CT molecular complexity index is 1590. The van der Waals surface area contributed by atoms with Gasteiger partial charge in [-0.05, 0) is 54.9 Å². The fraction of sp³-hybridized carbons (Fsp3) is 0.393. The molecule has 8 nitrogen and oxygen atoms in total. The minimum atomic E-state index is -1.55. The van der Waals surface area contributed by atoms with Gasteiger partial charge in [0, 0.05) is 29.9 Å². The molecule has 1 spiro atoms. The molecule has 3 aromatic heterocycles. The maximum Gasteiger partial charge on any atom is 0.262 e. The van der Waals surface area contributed by atoms with Gasteiger partial charge < -0.3 is 9.64 Å². The Balaban J connectivity index is 1.05. The van der Waals surface area contributed by atoms with Gasteiger partial charge in [-0.25, -0.2) is 19.3 Å². The first-order valence-corrected chi connectivity index (χ1v) is 14.2. The van der Waals surface area contributed by atoms with Gasteiger partial charge in [0.05, 0.1) is 54.4 Å². The van der Waals surface area contributed by atoms with Crippen LogP contribution >= 0.6 is 23.4 Å². The number of anilines is 1. The number of alkyl halides is 1. The fourth-order valence-electron chi connectivity index (χ4n) is 5.91. The molecule has 0 amide bonds. The molecule has 4 aromatic rings. The second kappa shape index (κ2) is 9.53. The number of benzene rings is 1. The second-order valence-electron chi connectivity index (χ2n) is 10.9. The molecule has 7 rings (SSSR count). The maximum absolute atomic E-state index is 14.6. The Kier molecular flexibility index (Phi) is 6.09. The molecule has 200 valence electrons. The van der Waals surface area contributed by atoms with E-state index in [4.69, 9.17) is 16.3 Å². The van der Waals surface area contributed by atoms with E-state index < -0.39 is 5.67 Å². The maximum atomic E-state index is 14.6. The number of halogens is 2. The monoisotopic (exact) mass is 564 g/mol. The highest BCUT2D eigenvalue weighted by Gasteiger charge is 2.41. The molecule has 39 heavy (non-hydrogen) atoms. The zero-order chi connectivity index (χ0) is 26.6. The lowest BCUT2D eigenvalue weighted by Gasteiger charge is -2.39. The van der Waals surface area contributed by atoms with Crippen molar-refractivity contribution >= 4 is 40.1 Å². The third-order valence-corrected chi connectivity index (χ3v) is 9.62. The first kappa shape index (κ1) is 24.9. The number of hydrogen-bond donors (Lipinski definition) is 0. The molecule has 0 unspecified atom stereocenters. The van der Waals surface area contributed by atoms with Crippen molar-refractivity contribution in [3.63, 3.8) is 0 Å². The molecule has 1 aromatic carbocycles. The summed E-state index contributed by atoms with van der Waals surface area (Å²) < 4.78 is 20.8. The van der Waals surface area contributed by atoms with Gasteiger partial charge in [0.1, 0.15) is 10.8 Å². The second-order valence-corrected chi connectivity index (χ2v) is 12.3. The number of piperidine rings is 1. The van der Waals surface area contributed by atoms with E-state index >= 15 is 0 Å². The average molecular weight is 565 g/mol. The van der Waals surface area contributed by atoms with Gasteiger partial charge in [0.25, 0.3) is 5.56 Å². The predicted molar refractivity (Wildman–Crippen MR) is 147 cm³/mol. The summed E-state index contributed by atoms with van der Waals surface area (Å²) in [4.78, 5) is 34.3. The zero-order valence-corrected chi connectivity index (χ0v) is 22.7. The van der Waals surface area contributed by atoms with Crippen LogP contribution in [0.15, 0.2) is 63.9 Å². The van der Waals surface area contributed by atoms with Crippen molar-refractivity contribution in [3.05, 3.63) is 75.8 Å². The van der Waals surface area contributed by atoms with E-state index in [0.717, 1.165) is 44.6 Å². The summed E-state index contributed by atoms with van der Waals surface area (Å²) in [6.45, 7) is 1.71. The molecule has 2 saturated heterocycles. The third-order valence-electron chi connectivity index (χ3n) is 8.14. The van der Waals surface area contributed by atoms with E-state index in [1.807, 2.05) is 18.3 Å². The summed E-state index contributed by atoms with van der Waals surface area (Å²) in [5.41, 5.74) is 1.51. The normalized spacial score (nSPS) is 19.3. The number of pyridine rings is 1. The third kappa shape index (κ3) is 4.58. The van der Waals surface area contributed by atoms with Crippen molar-refractivity contribution in [2.24, 2.45) is 5.41 Å². The average Bonchev–Trinajstić information content (AvgIpc) is 3.29. The van der Waals surface area contributed by atoms with Gasteiger partial charge in [0.2, 0.25) is 0 Å². The highest BCUT2D eigenvalue weighted by molar-refractivity contribution is 7.99. The van der Waals surface area contributed by atoms with E-state index in [1.165, 1.54) is 33.9 Å². The van der Waals surface area contributed by atoms with E-state index in [2.05, 4.69) is 30.9 Å². The number of ether oxygens (including phenoxy) is 1. The number of aromatic nitrogens is 5. The summed E-state index contributed by atoms with van der Waals surface area (Å²) in [7, 11) is 0. The summed E-state index contributed by atoms with van der Waals surface area (Å²) in [5, 5.41) is 1.22. The number of hydrogen-bond acceptors (Lipinski definition) is 8. The van der Waals surface area contributed by atoms with E-state index in [1.54, 1.807) is 18.5 Å². The van der Waals surface area contributed by atoms with E-state index in [-0.39, 0.29) is 35.7 Å². The summed E-state index contributed by atoms with van der Waals surface area (Å²) >= 11 is 8.02. The van der Waals surface area contributed by atoms with Gasteiger partial charge >= 0.3 is 0 Å².